The molecule has 0 unspecified atom stereocenters. The molecule has 1 rings (SSSR count). The Bertz CT molecular complexity index is 274. The van der Waals surface area contributed by atoms with Gasteiger partial charge in [-0.3, -0.25) is 0 Å². The molecule has 0 fully saturated rings. The first-order valence-electron chi connectivity index (χ1n) is 4.32. The second-order valence-electron chi connectivity index (χ2n) is 3.01. The predicted octanol–water partition coefficient (Wildman–Crippen LogP) is 3.94. The van der Waals surface area contributed by atoms with Gasteiger partial charge in [0.05, 0.1) is 7.14 Å². The zero-order valence-electron chi connectivity index (χ0n) is 7.48. The van der Waals surface area contributed by atoms with E-state index in [1.54, 1.807) is 0 Å². The number of halogens is 2. The lowest BCUT2D eigenvalue weighted by Gasteiger charge is -2.05. The number of rotatable bonds is 3. The van der Waals surface area contributed by atoms with Gasteiger partial charge in [0.2, 0.25) is 0 Å². The van der Waals surface area contributed by atoms with Gasteiger partial charge >= 0.3 is 0 Å². The Balaban J connectivity index is 2.86. The smallest absolute Gasteiger partial charge is 0.142 e. The van der Waals surface area contributed by atoms with Crippen LogP contribution in [0.1, 0.15) is 25.3 Å². The van der Waals surface area contributed by atoms with Gasteiger partial charge in [-0.2, -0.15) is 0 Å². The van der Waals surface area contributed by atoms with Gasteiger partial charge in [0.15, 0.2) is 0 Å². The molecule has 0 saturated carbocycles. The third-order valence-corrected chi connectivity index (χ3v) is 3.54. The van der Waals surface area contributed by atoms with E-state index in [2.05, 4.69) is 64.2 Å². The molecule has 0 aliphatic heterocycles. The number of unbranched alkanes of at least 4 members (excludes halogenated alkanes) is 1. The third-order valence-electron chi connectivity index (χ3n) is 1.90. The summed E-state index contributed by atoms with van der Waals surface area (Å²) in [6, 6.07) is 4.13. The van der Waals surface area contributed by atoms with E-state index < -0.39 is 0 Å². The molecule has 1 N–H and O–H groups in total. The van der Waals surface area contributed by atoms with Crippen molar-refractivity contribution in [1.82, 2.24) is 0 Å². The number of phenolic OH excluding ortho intramolecular Hbond substituents is 1. The monoisotopic (exact) mass is 402 g/mol. The van der Waals surface area contributed by atoms with Crippen LogP contribution in [0.2, 0.25) is 0 Å². The van der Waals surface area contributed by atoms with E-state index in [0.29, 0.717) is 5.75 Å². The first kappa shape index (κ1) is 11.6. The molecule has 3 heteroatoms. The van der Waals surface area contributed by atoms with Crippen molar-refractivity contribution in [1.29, 1.82) is 0 Å². The lowest BCUT2D eigenvalue weighted by molar-refractivity contribution is 0.467. The van der Waals surface area contributed by atoms with Crippen LogP contribution in [0.4, 0.5) is 0 Å². The second-order valence-corrected chi connectivity index (χ2v) is 5.34. The minimum absolute atomic E-state index is 0.418. The molecule has 0 radical (unpaired) electrons. The highest BCUT2D eigenvalue weighted by Crippen LogP contribution is 2.27. The number of hydrogen-bond acceptors (Lipinski definition) is 1. The highest BCUT2D eigenvalue weighted by Gasteiger charge is 2.04. The second kappa shape index (κ2) is 5.38. The zero-order valence-corrected chi connectivity index (χ0v) is 11.8. The Morgan fingerprint density at radius 3 is 2.23 bits per heavy atom. The van der Waals surface area contributed by atoms with Crippen LogP contribution in [-0.4, -0.2) is 5.11 Å². The fraction of sp³-hybridized carbons (Fsp3) is 0.400. The first-order chi connectivity index (χ1) is 6.15. The summed E-state index contributed by atoms with van der Waals surface area (Å²) in [6.07, 6.45) is 3.55. The lowest BCUT2D eigenvalue weighted by atomic mass is 10.1. The maximum atomic E-state index is 9.54. The number of aryl methyl sites for hydroxylation is 1. The van der Waals surface area contributed by atoms with Gasteiger partial charge in [-0.05, 0) is 75.7 Å². The molecule has 1 aromatic carbocycles. The van der Waals surface area contributed by atoms with Crippen LogP contribution in [0, 0.1) is 7.14 Å². The molecule has 1 nitrogen and oxygen atoms in total. The average molecular weight is 402 g/mol. The van der Waals surface area contributed by atoms with Crippen molar-refractivity contribution in [3.63, 3.8) is 0 Å². The van der Waals surface area contributed by atoms with E-state index >= 15 is 0 Å². The minimum Gasteiger partial charge on any atom is -0.506 e. The van der Waals surface area contributed by atoms with E-state index in [-0.39, 0.29) is 0 Å². The summed E-state index contributed by atoms with van der Waals surface area (Å²) >= 11 is 4.35. The van der Waals surface area contributed by atoms with Gasteiger partial charge in [0, 0.05) is 0 Å². The molecular weight excluding hydrogens is 390 g/mol. The molecule has 0 spiro atoms. The summed E-state index contributed by atoms with van der Waals surface area (Å²) in [6.45, 7) is 2.19. The molecule has 0 bridgehead atoms. The topological polar surface area (TPSA) is 20.2 Å². The molecule has 72 valence electrons. The number of benzene rings is 1. The highest BCUT2D eigenvalue weighted by atomic mass is 127. The van der Waals surface area contributed by atoms with E-state index in [0.717, 1.165) is 13.6 Å². The Labute approximate surface area is 106 Å². The molecule has 1 aromatic rings. The van der Waals surface area contributed by atoms with E-state index in [4.69, 9.17) is 0 Å². The zero-order chi connectivity index (χ0) is 9.84. The maximum absolute atomic E-state index is 9.54. The molecule has 0 heterocycles. The van der Waals surface area contributed by atoms with Crippen molar-refractivity contribution in [2.24, 2.45) is 0 Å². The van der Waals surface area contributed by atoms with Crippen molar-refractivity contribution in [3.8, 4) is 5.75 Å². The molecule has 0 aromatic heterocycles. The largest absolute Gasteiger partial charge is 0.506 e. The normalized spacial score (nSPS) is 10.4. The molecule has 0 atom stereocenters. The highest BCUT2D eigenvalue weighted by molar-refractivity contribution is 14.1. The summed E-state index contributed by atoms with van der Waals surface area (Å²) in [4.78, 5) is 0. The Morgan fingerprint density at radius 1 is 1.23 bits per heavy atom. The van der Waals surface area contributed by atoms with Gasteiger partial charge in [0.1, 0.15) is 5.75 Å². The van der Waals surface area contributed by atoms with Crippen LogP contribution in [-0.2, 0) is 6.42 Å². The van der Waals surface area contributed by atoms with Gasteiger partial charge in [-0.1, -0.05) is 13.3 Å². The quantitative estimate of drug-likeness (QED) is 0.760. The summed E-state index contributed by atoms with van der Waals surface area (Å²) < 4.78 is 1.91. The molecule has 13 heavy (non-hydrogen) atoms. The average Bonchev–Trinajstić information content (AvgIpc) is 2.10. The molecule has 0 amide bonds. The summed E-state index contributed by atoms with van der Waals surface area (Å²) in [5, 5.41) is 9.54. The molecule has 0 aliphatic rings. The maximum Gasteiger partial charge on any atom is 0.142 e. The summed E-state index contributed by atoms with van der Waals surface area (Å²) in [7, 11) is 0. The van der Waals surface area contributed by atoms with E-state index in [1.807, 2.05) is 0 Å². The first-order valence-corrected chi connectivity index (χ1v) is 6.47. The van der Waals surface area contributed by atoms with Gasteiger partial charge in [-0.15, -0.1) is 0 Å². The number of hydrogen-bond donors (Lipinski definition) is 1. The van der Waals surface area contributed by atoms with Crippen LogP contribution in [0.5, 0.6) is 5.75 Å². The molecule has 0 saturated heterocycles. The van der Waals surface area contributed by atoms with Crippen LogP contribution in [0.3, 0.4) is 0 Å². The van der Waals surface area contributed by atoms with Crippen molar-refractivity contribution >= 4 is 45.2 Å². The van der Waals surface area contributed by atoms with Crippen LogP contribution in [0.15, 0.2) is 12.1 Å². The third kappa shape index (κ3) is 3.27. The van der Waals surface area contributed by atoms with Gasteiger partial charge in [0.25, 0.3) is 0 Å². The fourth-order valence-corrected chi connectivity index (χ4v) is 3.04. The van der Waals surface area contributed by atoms with Crippen LogP contribution < -0.4 is 0 Å². The molecule has 0 aliphatic carbocycles. The summed E-state index contributed by atoms with van der Waals surface area (Å²) in [5.74, 6) is 0.418. The van der Waals surface area contributed by atoms with E-state index in [1.165, 1.54) is 18.4 Å². The summed E-state index contributed by atoms with van der Waals surface area (Å²) in [5.41, 5.74) is 1.33. The lowest BCUT2D eigenvalue weighted by Crippen LogP contribution is -1.88. The molecular formula is C10H12I2O. The fourth-order valence-electron chi connectivity index (χ4n) is 1.14. The van der Waals surface area contributed by atoms with Gasteiger partial charge in [-0.25, -0.2) is 0 Å². The SMILES string of the molecule is CCCCc1cc(I)c(O)c(I)c1. The van der Waals surface area contributed by atoms with E-state index in [9.17, 15) is 5.11 Å². The van der Waals surface area contributed by atoms with Crippen LogP contribution in [0.25, 0.3) is 0 Å². The van der Waals surface area contributed by atoms with Crippen molar-refractivity contribution < 1.29 is 5.11 Å². The minimum atomic E-state index is 0.418. The van der Waals surface area contributed by atoms with Crippen molar-refractivity contribution in [3.05, 3.63) is 24.8 Å². The van der Waals surface area contributed by atoms with Crippen molar-refractivity contribution in [2.75, 3.05) is 0 Å². The Kier molecular flexibility index (Phi) is 4.78. The number of aromatic hydroxyl groups is 1. The van der Waals surface area contributed by atoms with Gasteiger partial charge < -0.3 is 5.11 Å². The predicted molar refractivity (Wildman–Crippen MR) is 72.2 cm³/mol. The van der Waals surface area contributed by atoms with Crippen LogP contribution >= 0.6 is 45.2 Å². The number of phenols is 1. The Morgan fingerprint density at radius 2 is 1.77 bits per heavy atom. The van der Waals surface area contributed by atoms with Crippen molar-refractivity contribution in [2.45, 2.75) is 26.2 Å². The Hall–Kier alpha value is 0.480. The standard InChI is InChI=1S/C10H12I2O/c1-2-3-4-7-5-8(11)10(13)9(12)6-7/h5-6,13H,2-4H2,1H3.